The highest BCUT2D eigenvalue weighted by atomic mass is 16.5. The van der Waals surface area contributed by atoms with Crippen LogP contribution in [0.15, 0.2) is 24.3 Å². The van der Waals surface area contributed by atoms with Gasteiger partial charge in [-0.05, 0) is 37.2 Å². The highest BCUT2D eigenvalue weighted by molar-refractivity contribution is 5.78. The van der Waals surface area contributed by atoms with Crippen molar-refractivity contribution in [1.29, 1.82) is 0 Å². The molecule has 0 aliphatic rings. The van der Waals surface area contributed by atoms with Gasteiger partial charge in [0.15, 0.2) is 0 Å². The van der Waals surface area contributed by atoms with Crippen LogP contribution in [0.3, 0.4) is 0 Å². The maximum atomic E-state index is 11.8. The molecule has 1 aromatic carbocycles. The first-order chi connectivity index (χ1) is 7.54. The summed E-state index contributed by atoms with van der Waals surface area (Å²) in [7, 11) is 1.74. The average Bonchev–Trinajstić information content (AvgIpc) is 2.22. The molecule has 4 nitrogen and oxygen atoms in total. The van der Waals surface area contributed by atoms with Crippen molar-refractivity contribution in [3.8, 4) is 5.75 Å². The second-order valence-corrected chi connectivity index (χ2v) is 4.00. The number of carbonyl (C=O) groups excluding carboxylic acids is 1. The molecule has 0 aromatic heterocycles. The molecule has 0 spiro atoms. The summed E-state index contributed by atoms with van der Waals surface area (Å²) in [5.74, 6) is 0.425. The molecule has 0 fully saturated rings. The molecule has 4 heteroatoms. The van der Waals surface area contributed by atoms with Crippen LogP contribution in [0.25, 0.3) is 0 Å². The van der Waals surface area contributed by atoms with Gasteiger partial charge >= 0.3 is 5.97 Å². The van der Waals surface area contributed by atoms with Crippen molar-refractivity contribution in [2.24, 2.45) is 5.92 Å². The van der Waals surface area contributed by atoms with E-state index in [0.29, 0.717) is 11.4 Å². The standard InChI is InChI=1S/C12H18N2O2/c1-8(2)11(14-3)12(15)16-10-6-4-9(13)5-7-10/h4-8,11,14H,13H2,1-3H3. The van der Waals surface area contributed by atoms with Crippen LogP contribution in [0, 0.1) is 5.92 Å². The van der Waals surface area contributed by atoms with Crippen LogP contribution in [0.5, 0.6) is 5.75 Å². The molecule has 1 rings (SSSR count). The lowest BCUT2D eigenvalue weighted by molar-refractivity contribution is -0.137. The van der Waals surface area contributed by atoms with Crippen molar-refractivity contribution in [2.45, 2.75) is 19.9 Å². The zero-order valence-corrected chi connectivity index (χ0v) is 9.86. The first-order valence-electron chi connectivity index (χ1n) is 5.29. The Morgan fingerprint density at radius 1 is 1.31 bits per heavy atom. The fraction of sp³-hybridized carbons (Fsp3) is 0.417. The van der Waals surface area contributed by atoms with E-state index in [1.165, 1.54) is 0 Å². The van der Waals surface area contributed by atoms with Crippen LogP contribution in [0.1, 0.15) is 13.8 Å². The van der Waals surface area contributed by atoms with Crippen molar-refractivity contribution in [3.05, 3.63) is 24.3 Å². The lowest BCUT2D eigenvalue weighted by atomic mass is 10.1. The summed E-state index contributed by atoms with van der Waals surface area (Å²) in [6, 6.07) is 6.47. The largest absolute Gasteiger partial charge is 0.425 e. The van der Waals surface area contributed by atoms with Gasteiger partial charge in [-0.2, -0.15) is 0 Å². The number of benzene rings is 1. The summed E-state index contributed by atoms with van der Waals surface area (Å²) < 4.78 is 5.23. The third-order valence-electron chi connectivity index (χ3n) is 2.33. The number of ether oxygens (including phenoxy) is 1. The lowest BCUT2D eigenvalue weighted by Gasteiger charge is -2.18. The molecule has 0 saturated heterocycles. The van der Waals surface area contributed by atoms with Gasteiger partial charge < -0.3 is 15.8 Å². The molecule has 0 bridgehead atoms. The number of rotatable bonds is 4. The topological polar surface area (TPSA) is 64.3 Å². The molecule has 1 atom stereocenters. The van der Waals surface area contributed by atoms with Gasteiger partial charge in [-0.15, -0.1) is 0 Å². The zero-order chi connectivity index (χ0) is 12.1. The molecule has 1 aromatic rings. The van der Waals surface area contributed by atoms with E-state index in [1.54, 1.807) is 31.3 Å². The van der Waals surface area contributed by atoms with Gasteiger partial charge in [-0.1, -0.05) is 13.8 Å². The molecule has 0 aliphatic heterocycles. The van der Waals surface area contributed by atoms with Crippen LogP contribution in [0.4, 0.5) is 5.69 Å². The number of hydrogen-bond donors (Lipinski definition) is 2. The summed E-state index contributed by atoms with van der Waals surface area (Å²) in [5.41, 5.74) is 6.19. The monoisotopic (exact) mass is 222 g/mol. The molecular formula is C12H18N2O2. The van der Waals surface area contributed by atoms with Crippen LogP contribution in [0.2, 0.25) is 0 Å². The minimum atomic E-state index is -0.294. The molecule has 0 aliphatic carbocycles. The minimum Gasteiger partial charge on any atom is -0.425 e. The molecule has 0 saturated carbocycles. The number of hydrogen-bond acceptors (Lipinski definition) is 4. The van der Waals surface area contributed by atoms with Gasteiger partial charge in [0, 0.05) is 5.69 Å². The maximum absolute atomic E-state index is 11.8. The smallest absolute Gasteiger partial charge is 0.328 e. The van der Waals surface area contributed by atoms with Gasteiger partial charge in [0.1, 0.15) is 11.8 Å². The number of likely N-dealkylation sites (N-methyl/N-ethyl adjacent to an activating group) is 1. The number of nitrogens with two attached hydrogens (primary N) is 1. The van der Waals surface area contributed by atoms with Crippen LogP contribution < -0.4 is 15.8 Å². The molecule has 0 amide bonds. The van der Waals surface area contributed by atoms with E-state index in [1.807, 2.05) is 13.8 Å². The highest BCUT2D eigenvalue weighted by Crippen LogP contribution is 2.14. The van der Waals surface area contributed by atoms with Gasteiger partial charge in [0.2, 0.25) is 0 Å². The summed E-state index contributed by atoms with van der Waals surface area (Å²) in [4.78, 5) is 11.8. The Morgan fingerprint density at radius 3 is 2.31 bits per heavy atom. The predicted molar refractivity (Wildman–Crippen MR) is 64.2 cm³/mol. The number of nitrogens with one attached hydrogen (secondary N) is 1. The van der Waals surface area contributed by atoms with Crippen molar-refractivity contribution >= 4 is 11.7 Å². The summed E-state index contributed by atoms with van der Waals surface area (Å²) >= 11 is 0. The number of anilines is 1. The van der Waals surface area contributed by atoms with Crippen LogP contribution >= 0.6 is 0 Å². The quantitative estimate of drug-likeness (QED) is 0.459. The van der Waals surface area contributed by atoms with Gasteiger partial charge in [0.25, 0.3) is 0 Å². The van der Waals surface area contributed by atoms with E-state index in [4.69, 9.17) is 10.5 Å². The second kappa shape index (κ2) is 5.51. The Balaban J connectivity index is 2.66. The lowest BCUT2D eigenvalue weighted by Crippen LogP contribution is -2.41. The molecular weight excluding hydrogens is 204 g/mol. The third kappa shape index (κ3) is 3.24. The van der Waals surface area contributed by atoms with Gasteiger partial charge in [0.05, 0.1) is 0 Å². The van der Waals surface area contributed by atoms with Crippen molar-refractivity contribution < 1.29 is 9.53 Å². The Morgan fingerprint density at radius 2 is 1.88 bits per heavy atom. The predicted octanol–water partition coefficient (Wildman–Crippen LogP) is 1.42. The molecule has 1 unspecified atom stereocenters. The Kier molecular flexibility index (Phi) is 4.31. The van der Waals surface area contributed by atoms with E-state index in [9.17, 15) is 4.79 Å². The molecule has 0 heterocycles. The normalized spacial score (nSPS) is 12.5. The van der Waals surface area contributed by atoms with E-state index < -0.39 is 0 Å². The second-order valence-electron chi connectivity index (χ2n) is 4.00. The first kappa shape index (κ1) is 12.5. The average molecular weight is 222 g/mol. The van der Waals surface area contributed by atoms with Crippen LogP contribution in [-0.2, 0) is 4.79 Å². The number of nitrogen functional groups attached to an aromatic ring is 1. The molecule has 88 valence electrons. The van der Waals surface area contributed by atoms with Crippen molar-refractivity contribution in [1.82, 2.24) is 5.32 Å². The Hall–Kier alpha value is -1.55. The zero-order valence-electron chi connectivity index (χ0n) is 9.86. The number of carbonyl (C=O) groups is 1. The molecule has 0 radical (unpaired) electrons. The van der Waals surface area contributed by atoms with E-state index in [-0.39, 0.29) is 17.9 Å². The SMILES string of the molecule is CNC(C(=O)Oc1ccc(N)cc1)C(C)C. The summed E-state index contributed by atoms with van der Waals surface area (Å²) in [6.07, 6.45) is 0. The Labute approximate surface area is 95.8 Å². The fourth-order valence-corrected chi connectivity index (χ4v) is 1.44. The van der Waals surface area contributed by atoms with Crippen LogP contribution in [-0.4, -0.2) is 19.1 Å². The Bertz CT molecular complexity index is 347. The van der Waals surface area contributed by atoms with E-state index >= 15 is 0 Å². The third-order valence-corrected chi connectivity index (χ3v) is 2.33. The first-order valence-corrected chi connectivity index (χ1v) is 5.29. The van der Waals surface area contributed by atoms with Gasteiger partial charge in [-0.3, -0.25) is 0 Å². The van der Waals surface area contributed by atoms with Crippen molar-refractivity contribution in [2.75, 3.05) is 12.8 Å². The molecule has 16 heavy (non-hydrogen) atoms. The van der Waals surface area contributed by atoms with E-state index in [2.05, 4.69) is 5.32 Å². The van der Waals surface area contributed by atoms with E-state index in [0.717, 1.165) is 0 Å². The van der Waals surface area contributed by atoms with Gasteiger partial charge in [-0.25, -0.2) is 4.79 Å². The number of esters is 1. The molecule has 3 N–H and O–H groups in total. The minimum absolute atomic E-state index is 0.186. The fourth-order valence-electron chi connectivity index (χ4n) is 1.44. The highest BCUT2D eigenvalue weighted by Gasteiger charge is 2.21. The van der Waals surface area contributed by atoms with Crippen molar-refractivity contribution in [3.63, 3.8) is 0 Å². The maximum Gasteiger partial charge on any atom is 0.328 e. The summed E-state index contributed by atoms with van der Waals surface area (Å²) in [6.45, 7) is 3.93. The summed E-state index contributed by atoms with van der Waals surface area (Å²) in [5, 5.41) is 2.93.